The van der Waals surface area contributed by atoms with E-state index in [9.17, 15) is 10.4 Å². The van der Waals surface area contributed by atoms with Crippen molar-refractivity contribution in [1.82, 2.24) is 10.2 Å². The fourth-order valence-corrected chi connectivity index (χ4v) is 4.38. The molecule has 4 N–H and O–H groups in total. The molecule has 0 bridgehead atoms. The van der Waals surface area contributed by atoms with Gasteiger partial charge in [0.25, 0.3) is 0 Å². The molecule has 0 amide bonds. The highest BCUT2D eigenvalue weighted by Gasteiger charge is 2.22. The van der Waals surface area contributed by atoms with Crippen LogP contribution in [0.15, 0.2) is 30.3 Å². The van der Waals surface area contributed by atoms with Gasteiger partial charge < -0.3 is 20.9 Å². The van der Waals surface area contributed by atoms with E-state index >= 15 is 0 Å². The molecule has 1 aliphatic rings. The van der Waals surface area contributed by atoms with Gasteiger partial charge in [0.05, 0.1) is 35.2 Å². The van der Waals surface area contributed by atoms with Crippen LogP contribution in [0.5, 0.6) is 5.75 Å². The summed E-state index contributed by atoms with van der Waals surface area (Å²) in [4.78, 5) is 0. The van der Waals surface area contributed by atoms with E-state index in [-0.39, 0.29) is 12.1 Å². The Morgan fingerprint density at radius 1 is 1.23 bits per heavy atom. The normalized spacial score (nSPS) is 18.5. The van der Waals surface area contributed by atoms with E-state index in [1.165, 1.54) is 0 Å². The number of anilines is 2. The number of nitriles is 1. The smallest absolute Gasteiger partial charge is 0.156 e. The van der Waals surface area contributed by atoms with E-state index in [0.29, 0.717) is 40.0 Å². The lowest BCUT2D eigenvalue weighted by molar-refractivity contribution is 0.126. The van der Waals surface area contributed by atoms with Crippen LogP contribution in [0.25, 0.3) is 10.8 Å². The second-order valence-electron chi connectivity index (χ2n) is 7.85. The molecular formula is C23H24ClN5O2. The van der Waals surface area contributed by atoms with Crippen molar-refractivity contribution in [1.29, 1.82) is 5.26 Å². The first kappa shape index (κ1) is 21.2. The van der Waals surface area contributed by atoms with Crippen LogP contribution in [0.1, 0.15) is 42.5 Å². The Morgan fingerprint density at radius 3 is 2.68 bits per heavy atom. The van der Waals surface area contributed by atoms with Crippen molar-refractivity contribution in [3.8, 4) is 11.8 Å². The van der Waals surface area contributed by atoms with Crippen LogP contribution in [0.4, 0.5) is 11.5 Å². The van der Waals surface area contributed by atoms with Gasteiger partial charge in [0.15, 0.2) is 5.82 Å². The molecular weight excluding hydrogens is 414 g/mol. The van der Waals surface area contributed by atoms with Gasteiger partial charge in [0, 0.05) is 23.2 Å². The Balaban J connectivity index is 1.74. The predicted octanol–water partition coefficient (Wildman–Crippen LogP) is 4.05. The summed E-state index contributed by atoms with van der Waals surface area (Å²) in [6.07, 6.45) is 3.49. The van der Waals surface area contributed by atoms with Crippen molar-refractivity contribution in [2.45, 2.75) is 44.2 Å². The first-order valence-corrected chi connectivity index (χ1v) is 10.6. The summed E-state index contributed by atoms with van der Waals surface area (Å²) >= 11 is 6.28. The summed E-state index contributed by atoms with van der Waals surface area (Å²) in [6.45, 7) is 0. The summed E-state index contributed by atoms with van der Waals surface area (Å²) in [5.74, 6) is 1.24. The van der Waals surface area contributed by atoms with E-state index in [0.717, 1.165) is 42.0 Å². The number of hydrogen-bond donors (Lipinski definition) is 3. The minimum Gasteiger partial charge on any atom is -0.495 e. The number of nitrogens with two attached hydrogens (primary N) is 1. The summed E-state index contributed by atoms with van der Waals surface area (Å²) in [7, 11) is 1.57. The van der Waals surface area contributed by atoms with Crippen molar-refractivity contribution in [3.05, 3.63) is 52.2 Å². The molecule has 0 spiro atoms. The average molecular weight is 438 g/mol. The molecule has 3 aromatic rings. The Kier molecular flexibility index (Phi) is 6.12. The van der Waals surface area contributed by atoms with Gasteiger partial charge in [-0.15, -0.1) is 5.10 Å². The van der Waals surface area contributed by atoms with Crippen molar-refractivity contribution >= 4 is 33.9 Å². The third kappa shape index (κ3) is 4.36. The molecule has 0 unspecified atom stereocenters. The third-order valence-electron chi connectivity index (χ3n) is 5.81. The average Bonchev–Trinajstić information content (AvgIpc) is 2.77. The molecule has 4 rings (SSSR count). The van der Waals surface area contributed by atoms with Crippen molar-refractivity contribution in [2.24, 2.45) is 0 Å². The number of fused-ring (bicyclic) bond motifs is 1. The highest BCUT2D eigenvalue weighted by molar-refractivity contribution is 6.32. The van der Waals surface area contributed by atoms with Gasteiger partial charge in [-0.05, 0) is 55.5 Å². The molecule has 0 radical (unpaired) electrons. The molecule has 7 nitrogen and oxygen atoms in total. The zero-order valence-corrected chi connectivity index (χ0v) is 18.0. The maximum absolute atomic E-state index is 9.77. The first-order valence-electron chi connectivity index (χ1n) is 10.2. The SMILES string of the molecule is COc1ccc(Cc2nnc(NC3CCC(O)CC3)c3ccc(C#N)c(N)c23)cc1Cl. The molecule has 1 aromatic heterocycles. The van der Waals surface area contributed by atoms with Gasteiger partial charge in [-0.3, -0.25) is 0 Å². The second-order valence-corrected chi connectivity index (χ2v) is 8.26. The minimum atomic E-state index is -0.228. The van der Waals surface area contributed by atoms with Crippen LogP contribution >= 0.6 is 11.6 Å². The van der Waals surface area contributed by atoms with Crippen molar-refractivity contribution < 1.29 is 9.84 Å². The highest BCUT2D eigenvalue weighted by Crippen LogP contribution is 2.34. The zero-order valence-electron chi connectivity index (χ0n) is 17.2. The number of nitrogens with zero attached hydrogens (tertiary/aromatic N) is 3. The van der Waals surface area contributed by atoms with Crippen molar-refractivity contribution in [3.63, 3.8) is 0 Å². The van der Waals surface area contributed by atoms with Crippen LogP contribution in [0, 0.1) is 11.3 Å². The Morgan fingerprint density at radius 2 is 2.00 bits per heavy atom. The number of nitrogens with one attached hydrogen (secondary N) is 1. The fraction of sp³-hybridized carbons (Fsp3) is 0.348. The maximum atomic E-state index is 9.77. The lowest BCUT2D eigenvalue weighted by Gasteiger charge is -2.27. The van der Waals surface area contributed by atoms with E-state index < -0.39 is 0 Å². The summed E-state index contributed by atoms with van der Waals surface area (Å²) in [5.41, 5.74) is 8.79. The first-order chi connectivity index (χ1) is 15.0. The Bertz CT molecular complexity index is 1150. The van der Waals surface area contributed by atoms with Crippen LogP contribution in [-0.2, 0) is 6.42 Å². The Labute approximate surface area is 185 Å². The van der Waals surface area contributed by atoms with Gasteiger partial charge in [0.1, 0.15) is 11.8 Å². The predicted molar refractivity (Wildman–Crippen MR) is 121 cm³/mol. The van der Waals surface area contributed by atoms with Crippen LogP contribution in [0.2, 0.25) is 5.02 Å². The lowest BCUT2D eigenvalue weighted by atomic mass is 9.93. The topological polar surface area (TPSA) is 117 Å². The maximum Gasteiger partial charge on any atom is 0.156 e. The van der Waals surface area contributed by atoms with Crippen molar-refractivity contribution in [2.75, 3.05) is 18.2 Å². The van der Waals surface area contributed by atoms with Crippen LogP contribution in [0.3, 0.4) is 0 Å². The number of nitrogen functional groups attached to an aromatic ring is 1. The molecule has 1 aliphatic carbocycles. The molecule has 1 fully saturated rings. The van der Waals surface area contributed by atoms with E-state index in [2.05, 4.69) is 21.6 Å². The van der Waals surface area contributed by atoms with E-state index in [1.54, 1.807) is 13.2 Å². The number of rotatable bonds is 5. The van der Waals surface area contributed by atoms with E-state index in [4.69, 9.17) is 22.1 Å². The molecule has 0 aliphatic heterocycles. The molecule has 0 saturated heterocycles. The molecule has 31 heavy (non-hydrogen) atoms. The number of benzene rings is 2. The monoisotopic (exact) mass is 437 g/mol. The molecule has 0 atom stereocenters. The van der Waals surface area contributed by atoms with Gasteiger partial charge in [-0.25, -0.2) is 0 Å². The number of hydrogen-bond acceptors (Lipinski definition) is 7. The summed E-state index contributed by atoms with van der Waals surface area (Å²) in [6, 6.07) is 11.5. The second kappa shape index (κ2) is 8.96. The number of methoxy groups -OCH3 is 1. The number of halogens is 1. The standard InChI is InChI=1S/C23H24ClN5O2/c1-31-20-9-2-13(10-18(20)24)11-19-21-17(8-3-14(12-25)22(21)26)23(29-28-19)27-15-4-6-16(30)7-5-15/h2-3,8-10,15-16,30H,4-7,11,26H2,1H3,(H,27,29). The highest BCUT2D eigenvalue weighted by atomic mass is 35.5. The van der Waals surface area contributed by atoms with Gasteiger partial charge in [-0.1, -0.05) is 17.7 Å². The number of ether oxygens (including phenoxy) is 1. The van der Waals surface area contributed by atoms with Gasteiger partial charge in [-0.2, -0.15) is 10.4 Å². The largest absolute Gasteiger partial charge is 0.495 e. The van der Waals surface area contributed by atoms with Gasteiger partial charge >= 0.3 is 0 Å². The molecule has 1 heterocycles. The fourth-order valence-electron chi connectivity index (χ4n) is 4.10. The Hall–Kier alpha value is -3.08. The van der Waals surface area contributed by atoms with Gasteiger partial charge in [0.2, 0.25) is 0 Å². The number of aliphatic hydroxyl groups is 1. The lowest BCUT2D eigenvalue weighted by Crippen LogP contribution is -2.28. The zero-order chi connectivity index (χ0) is 22.0. The quantitative estimate of drug-likeness (QED) is 0.515. The summed E-state index contributed by atoms with van der Waals surface area (Å²) < 4.78 is 5.22. The van der Waals surface area contributed by atoms with Crippen LogP contribution in [-0.4, -0.2) is 34.6 Å². The van der Waals surface area contributed by atoms with Crippen LogP contribution < -0.4 is 15.8 Å². The third-order valence-corrected chi connectivity index (χ3v) is 6.10. The minimum absolute atomic E-state index is 0.212. The molecule has 1 saturated carbocycles. The molecule has 8 heteroatoms. The van der Waals surface area contributed by atoms with E-state index in [1.807, 2.05) is 24.3 Å². The number of aromatic nitrogens is 2. The molecule has 2 aromatic carbocycles. The number of aliphatic hydroxyl groups excluding tert-OH is 1. The molecule has 160 valence electrons. The summed E-state index contributed by atoms with van der Waals surface area (Å²) in [5, 5.41) is 33.7.